The molecule has 1 aromatic carbocycles. The van der Waals surface area contributed by atoms with Crippen LogP contribution in [0.1, 0.15) is 5.56 Å². The number of hydrogen-bond donors (Lipinski definition) is 1. The summed E-state index contributed by atoms with van der Waals surface area (Å²) in [5.74, 6) is 0. The number of likely N-dealkylation sites (N-methyl/N-ethyl adjacent to an activating group) is 1. The molecule has 1 N–H and O–H groups in total. The van der Waals surface area contributed by atoms with Crippen molar-refractivity contribution in [3.05, 3.63) is 35.9 Å². The lowest BCUT2D eigenvalue weighted by Gasteiger charge is -2.19. The smallest absolute Gasteiger partial charge is 0.0899 e. The van der Waals surface area contributed by atoms with Crippen LogP contribution >= 0.6 is 0 Å². The molecule has 3 nitrogen and oxygen atoms in total. The van der Waals surface area contributed by atoms with Crippen LogP contribution in [0.15, 0.2) is 30.3 Å². The fourth-order valence-corrected chi connectivity index (χ4v) is 1.66. The fourth-order valence-electron chi connectivity index (χ4n) is 1.66. The molecule has 1 atom stereocenters. The molecule has 0 spiro atoms. The number of hydrogen-bond acceptors (Lipinski definition) is 3. The Kier molecular flexibility index (Phi) is 6.08. The van der Waals surface area contributed by atoms with Gasteiger partial charge in [-0.15, -0.1) is 0 Å². The Balaban J connectivity index is 2.22. The summed E-state index contributed by atoms with van der Waals surface area (Å²) in [4.78, 5) is 2.12. The third kappa shape index (κ3) is 5.26. The van der Waals surface area contributed by atoms with Crippen LogP contribution in [0, 0.1) is 0 Å². The monoisotopic (exact) mass is 223 g/mol. The van der Waals surface area contributed by atoms with Gasteiger partial charge in [-0.3, -0.25) is 0 Å². The molecule has 0 aliphatic heterocycles. The Morgan fingerprint density at radius 2 is 2.00 bits per heavy atom. The second-order valence-corrected chi connectivity index (χ2v) is 4.11. The van der Waals surface area contributed by atoms with E-state index in [1.165, 1.54) is 5.56 Å². The summed E-state index contributed by atoms with van der Waals surface area (Å²) in [6.45, 7) is 2.00. The van der Waals surface area contributed by atoms with E-state index in [0.29, 0.717) is 13.2 Å². The average molecular weight is 223 g/mol. The van der Waals surface area contributed by atoms with Gasteiger partial charge in [-0.1, -0.05) is 30.3 Å². The van der Waals surface area contributed by atoms with Gasteiger partial charge in [0.25, 0.3) is 0 Å². The zero-order valence-electron chi connectivity index (χ0n) is 10.1. The van der Waals surface area contributed by atoms with Crippen LogP contribution < -0.4 is 0 Å². The third-order valence-corrected chi connectivity index (χ3v) is 2.51. The zero-order valence-corrected chi connectivity index (χ0v) is 10.1. The van der Waals surface area contributed by atoms with Crippen molar-refractivity contribution in [3.8, 4) is 0 Å². The average Bonchev–Trinajstić information content (AvgIpc) is 2.28. The van der Waals surface area contributed by atoms with Crippen molar-refractivity contribution >= 4 is 0 Å². The Hall–Kier alpha value is -0.900. The van der Waals surface area contributed by atoms with Gasteiger partial charge >= 0.3 is 0 Å². The van der Waals surface area contributed by atoms with Crippen LogP contribution in [0.2, 0.25) is 0 Å². The first-order valence-electron chi connectivity index (χ1n) is 5.62. The van der Waals surface area contributed by atoms with Crippen molar-refractivity contribution in [2.75, 3.05) is 33.9 Å². The molecule has 0 aromatic heterocycles. The summed E-state index contributed by atoms with van der Waals surface area (Å²) in [5.41, 5.74) is 1.33. The standard InChI is InChI=1S/C13H21NO2/c1-14(10-13(15)11-16-2)9-8-12-6-4-3-5-7-12/h3-7,13,15H,8-11H2,1-2H3. The number of methoxy groups -OCH3 is 1. The fraction of sp³-hybridized carbons (Fsp3) is 0.538. The van der Waals surface area contributed by atoms with Crippen molar-refractivity contribution in [1.82, 2.24) is 4.90 Å². The normalized spacial score (nSPS) is 13.0. The Morgan fingerprint density at radius 1 is 1.31 bits per heavy atom. The van der Waals surface area contributed by atoms with Crippen LogP contribution in [0.5, 0.6) is 0 Å². The summed E-state index contributed by atoms with van der Waals surface area (Å²) in [7, 11) is 3.62. The van der Waals surface area contributed by atoms with Crippen LogP contribution in [0.4, 0.5) is 0 Å². The van der Waals surface area contributed by atoms with Gasteiger partial charge in [-0.2, -0.15) is 0 Å². The lowest BCUT2D eigenvalue weighted by molar-refractivity contribution is 0.0435. The highest BCUT2D eigenvalue weighted by Crippen LogP contribution is 2.01. The maximum atomic E-state index is 9.55. The number of aliphatic hydroxyl groups is 1. The summed E-state index contributed by atoms with van der Waals surface area (Å²) in [6.07, 6.45) is 0.614. The molecule has 1 rings (SSSR count). The molecule has 0 aliphatic carbocycles. The van der Waals surface area contributed by atoms with Gasteiger partial charge in [0, 0.05) is 20.2 Å². The SMILES string of the molecule is COCC(O)CN(C)CCc1ccccc1. The third-order valence-electron chi connectivity index (χ3n) is 2.51. The number of rotatable bonds is 7. The topological polar surface area (TPSA) is 32.7 Å². The zero-order chi connectivity index (χ0) is 11.8. The van der Waals surface area contributed by atoms with E-state index < -0.39 is 6.10 Å². The lowest BCUT2D eigenvalue weighted by Crippen LogP contribution is -2.33. The van der Waals surface area contributed by atoms with E-state index in [0.717, 1.165) is 13.0 Å². The first-order chi connectivity index (χ1) is 7.72. The maximum Gasteiger partial charge on any atom is 0.0899 e. The highest BCUT2D eigenvalue weighted by atomic mass is 16.5. The highest BCUT2D eigenvalue weighted by Gasteiger charge is 2.07. The molecular weight excluding hydrogens is 202 g/mol. The van der Waals surface area contributed by atoms with E-state index in [1.54, 1.807) is 7.11 Å². The van der Waals surface area contributed by atoms with Crippen molar-refractivity contribution in [2.45, 2.75) is 12.5 Å². The predicted octanol–water partition coefficient (Wildman–Crippen LogP) is 1.17. The maximum absolute atomic E-state index is 9.55. The number of benzene rings is 1. The van der Waals surface area contributed by atoms with E-state index >= 15 is 0 Å². The van der Waals surface area contributed by atoms with Crippen LogP contribution in [0.3, 0.4) is 0 Å². The van der Waals surface area contributed by atoms with Crippen molar-refractivity contribution in [2.24, 2.45) is 0 Å². The van der Waals surface area contributed by atoms with Gasteiger partial charge < -0.3 is 14.7 Å². The van der Waals surface area contributed by atoms with Crippen molar-refractivity contribution in [3.63, 3.8) is 0 Å². The summed E-state index contributed by atoms with van der Waals surface area (Å²) < 4.78 is 4.89. The van der Waals surface area contributed by atoms with Gasteiger partial charge in [-0.25, -0.2) is 0 Å². The van der Waals surface area contributed by atoms with Crippen LogP contribution in [-0.4, -0.2) is 50.0 Å². The van der Waals surface area contributed by atoms with E-state index in [9.17, 15) is 5.11 Å². The lowest BCUT2D eigenvalue weighted by atomic mass is 10.1. The Morgan fingerprint density at radius 3 is 2.62 bits per heavy atom. The second-order valence-electron chi connectivity index (χ2n) is 4.11. The Bertz CT molecular complexity index is 277. The largest absolute Gasteiger partial charge is 0.389 e. The molecule has 0 bridgehead atoms. The molecular formula is C13H21NO2. The van der Waals surface area contributed by atoms with E-state index in [1.807, 2.05) is 13.1 Å². The minimum atomic E-state index is -0.397. The van der Waals surface area contributed by atoms with Gasteiger partial charge in [0.05, 0.1) is 12.7 Å². The molecule has 3 heteroatoms. The van der Waals surface area contributed by atoms with E-state index in [2.05, 4.69) is 29.2 Å². The minimum absolute atomic E-state index is 0.397. The van der Waals surface area contributed by atoms with Gasteiger partial charge in [0.1, 0.15) is 0 Å². The Labute approximate surface area is 97.7 Å². The molecule has 16 heavy (non-hydrogen) atoms. The van der Waals surface area contributed by atoms with E-state index in [-0.39, 0.29) is 0 Å². The highest BCUT2D eigenvalue weighted by molar-refractivity contribution is 5.14. The first-order valence-corrected chi connectivity index (χ1v) is 5.62. The van der Waals surface area contributed by atoms with Crippen LogP contribution in [0.25, 0.3) is 0 Å². The molecule has 1 aromatic rings. The molecule has 0 saturated carbocycles. The quantitative estimate of drug-likeness (QED) is 0.753. The molecule has 0 amide bonds. The molecule has 0 saturated heterocycles. The molecule has 1 unspecified atom stereocenters. The van der Waals surface area contributed by atoms with Gasteiger partial charge in [0.15, 0.2) is 0 Å². The summed E-state index contributed by atoms with van der Waals surface area (Å²) in [6, 6.07) is 10.4. The number of ether oxygens (including phenoxy) is 1. The molecule has 0 fully saturated rings. The molecule has 0 aliphatic rings. The predicted molar refractivity (Wildman–Crippen MR) is 65.5 cm³/mol. The van der Waals surface area contributed by atoms with Gasteiger partial charge in [-0.05, 0) is 19.0 Å². The first kappa shape index (κ1) is 13.2. The summed E-state index contributed by atoms with van der Waals surface area (Å²) in [5, 5.41) is 9.55. The number of aliphatic hydroxyl groups excluding tert-OH is 1. The van der Waals surface area contributed by atoms with Crippen LogP contribution in [-0.2, 0) is 11.2 Å². The molecule has 0 radical (unpaired) electrons. The summed E-state index contributed by atoms with van der Waals surface area (Å²) >= 11 is 0. The van der Waals surface area contributed by atoms with Crippen molar-refractivity contribution in [1.29, 1.82) is 0 Å². The minimum Gasteiger partial charge on any atom is -0.389 e. The van der Waals surface area contributed by atoms with Gasteiger partial charge in [0.2, 0.25) is 0 Å². The second kappa shape index (κ2) is 7.39. The number of nitrogens with zero attached hydrogens (tertiary/aromatic N) is 1. The molecule has 90 valence electrons. The van der Waals surface area contributed by atoms with E-state index in [4.69, 9.17) is 4.74 Å². The van der Waals surface area contributed by atoms with Crippen molar-refractivity contribution < 1.29 is 9.84 Å². The molecule has 0 heterocycles.